The van der Waals surface area contributed by atoms with E-state index in [9.17, 15) is 10.2 Å². The van der Waals surface area contributed by atoms with E-state index in [2.05, 4.69) is 102 Å². The molecule has 0 aliphatic carbocycles. The number of hydrogen-bond acceptors (Lipinski definition) is 2. The lowest BCUT2D eigenvalue weighted by Gasteiger charge is -2.17. The van der Waals surface area contributed by atoms with Crippen LogP contribution in [0, 0.1) is 14.3 Å². The number of phenols is 2. The molecule has 6 heteroatoms. The number of hydrogen-bond donors (Lipinski definition) is 2. The van der Waals surface area contributed by atoms with Gasteiger partial charge in [-0.3, -0.25) is 0 Å². The van der Waals surface area contributed by atoms with Crippen molar-refractivity contribution in [2.24, 2.45) is 0 Å². The summed E-state index contributed by atoms with van der Waals surface area (Å²) in [4.78, 5) is 0. The van der Waals surface area contributed by atoms with Crippen molar-refractivity contribution in [1.82, 2.24) is 0 Å². The van der Waals surface area contributed by atoms with Crippen molar-refractivity contribution in [3.8, 4) is 22.6 Å². The maximum atomic E-state index is 10.9. The molecule has 0 amide bonds. The third-order valence-electron chi connectivity index (χ3n) is 4.31. The zero-order valence-electron chi connectivity index (χ0n) is 13.0. The average molecular weight is 790 g/mol. The van der Waals surface area contributed by atoms with Crippen molar-refractivity contribution < 1.29 is 10.2 Å². The maximum Gasteiger partial charge on any atom is 0.137 e. The van der Waals surface area contributed by atoms with Crippen LogP contribution < -0.4 is 0 Å². The molecule has 26 heavy (non-hydrogen) atoms. The molecule has 4 aromatic carbocycles. The third kappa shape index (κ3) is 3.28. The van der Waals surface area contributed by atoms with Crippen LogP contribution in [0.5, 0.6) is 11.5 Å². The molecule has 0 atom stereocenters. The Morgan fingerprint density at radius 3 is 1.31 bits per heavy atom. The molecule has 0 spiro atoms. The molecule has 0 saturated carbocycles. The number of rotatable bonds is 1. The molecule has 0 unspecified atom stereocenters. The summed E-state index contributed by atoms with van der Waals surface area (Å²) < 4.78 is 3.80. The van der Waals surface area contributed by atoms with E-state index < -0.39 is 0 Å². The number of phenolic OH excluding ortho intramolecular Hbond substituents is 2. The number of benzene rings is 4. The van der Waals surface area contributed by atoms with E-state index in [1.165, 1.54) is 0 Å². The first-order chi connectivity index (χ1) is 12.4. The Morgan fingerprint density at radius 1 is 0.538 bits per heavy atom. The molecule has 0 fully saturated rings. The van der Waals surface area contributed by atoms with Gasteiger partial charge in [0.15, 0.2) is 0 Å². The Morgan fingerprint density at radius 2 is 0.923 bits per heavy atom. The second-order valence-corrected chi connectivity index (χ2v) is 10.7. The quantitative estimate of drug-likeness (QED) is 0.197. The van der Waals surface area contributed by atoms with Gasteiger partial charge in [-0.25, -0.2) is 0 Å². The fourth-order valence-electron chi connectivity index (χ4n) is 3.17. The normalized spacial score (nSPS) is 11.4. The highest BCUT2D eigenvalue weighted by Gasteiger charge is 2.21. The highest BCUT2D eigenvalue weighted by atomic mass is 127. The maximum absolute atomic E-state index is 10.9. The summed E-state index contributed by atoms with van der Waals surface area (Å²) in [6.45, 7) is 0. The van der Waals surface area contributed by atoms with E-state index in [1.54, 1.807) is 0 Å². The molecule has 0 saturated heterocycles. The van der Waals surface area contributed by atoms with Gasteiger partial charge in [0, 0.05) is 18.3 Å². The van der Waals surface area contributed by atoms with Gasteiger partial charge in [-0.05, 0) is 148 Å². The molecule has 0 heterocycles. The summed E-state index contributed by atoms with van der Waals surface area (Å²) in [5.41, 5.74) is 1.37. The molecule has 4 aromatic rings. The van der Waals surface area contributed by atoms with Crippen LogP contribution in [0.25, 0.3) is 32.7 Å². The predicted octanol–water partition coefficient (Wildman–Crippen LogP) is 7.49. The minimum Gasteiger partial charge on any atom is -0.506 e. The Hall–Kier alpha value is -0.0800. The van der Waals surface area contributed by atoms with Gasteiger partial charge in [0.05, 0.1) is 7.14 Å². The molecule has 0 bridgehead atoms. The molecule has 4 rings (SSSR count). The zero-order valence-corrected chi connectivity index (χ0v) is 21.7. The van der Waals surface area contributed by atoms with Crippen LogP contribution in [0.15, 0.2) is 48.5 Å². The SMILES string of the molecule is Oc1c(I)cc2cc(I)ccc2c1-c1c(O)c(I)cc2cc(I)ccc12. The van der Waals surface area contributed by atoms with E-state index >= 15 is 0 Å². The van der Waals surface area contributed by atoms with Gasteiger partial charge in [-0.2, -0.15) is 0 Å². The first kappa shape index (κ1) is 19.2. The van der Waals surface area contributed by atoms with Gasteiger partial charge in [-0.15, -0.1) is 0 Å². The van der Waals surface area contributed by atoms with E-state index in [-0.39, 0.29) is 11.5 Å². The van der Waals surface area contributed by atoms with Crippen molar-refractivity contribution in [3.63, 3.8) is 0 Å². The second-order valence-electron chi connectivity index (χ2n) is 5.89. The molecule has 0 radical (unpaired) electrons. The second kappa shape index (κ2) is 7.39. The lowest BCUT2D eigenvalue weighted by atomic mass is 9.92. The van der Waals surface area contributed by atoms with Crippen molar-refractivity contribution in [2.75, 3.05) is 0 Å². The smallest absolute Gasteiger partial charge is 0.137 e. The Balaban J connectivity index is 2.24. The van der Waals surface area contributed by atoms with Crippen molar-refractivity contribution >= 4 is 112 Å². The van der Waals surface area contributed by atoms with Gasteiger partial charge in [-0.1, -0.05) is 12.1 Å². The molecular weight excluding hydrogens is 780 g/mol. The number of aromatic hydroxyl groups is 2. The van der Waals surface area contributed by atoms with E-state index in [0.29, 0.717) is 11.1 Å². The molecule has 130 valence electrons. The number of halogens is 4. The largest absolute Gasteiger partial charge is 0.506 e. The van der Waals surface area contributed by atoms with Gasteiger partial charge < -0.3 is 10.2 Å². The molecular formula is C20H10I4O2. The summed E-state index contributed by atoms with van der Waals surface area (Å²) in [5.74, 6) is 0.410. The third-order valence-corrected chi connectivity index (χ3v) is 7.29. The van der Waals surface area contributed by atoms with Crippen molar-refractivity contribution in [3.05, 3.63) is 62.8 Å². The van der Waals surface area contributed by atoms with Crippen molar-refractivity contribution in [2.45, 2.75) is 0 Å². The standard InChI is InChI=1S/C20H10I4O2/c21-11-1-3-13-9(5-11)7-15(23)19(25)17(13)18-14-4-2-12(22)6-10(14)8-16(24)20(18)26/h1-8,25-26H. The summed E-state index contributed by atoms with van der Waals surface area (Å²) >= 11 is 8.87. The van der Waals surface area contributed by atoms with Crippen LogP contribution in [0.3, 0.4) is 0 Å². The monoisotopic (exact) mass is 790 g/mol. The van der Waals surface area contributed by atoms with Gasteiger partial charge in [0.2, 0.25) is 0 Å². The average Bonchev–Trinajstić information content (AvgIpc) is 2.58. The summed E-state index contributed by atoms with van der Waals surface area (Å²) in [7, 11) is 0. The van der Waals surface area contributed by atoms with Crippen LogP contribution >= 0.6 is 90.4 Å². The van der Waals surface area contributed by atoms with Crippen LogP contribution in [0.2, 0.25) is 0 Å². The summed E-state index contributed by atoms with van der Waals surface area (Å²) in [5, 5.41) is 25.8. The fourth-order valence-corrected chi connectivity index (χ4v) is 5.41. The molecule has 0 aromatic heterocycles. The van der Waals surface area contributed by atoms with Crippen LogP contribution in [-0.4, -0.2) is 10.2 Å². The first-order valence-electron chi connectivity index (χ1n) is 7.58. The number of fused-ring (bicyclic) bond motifs is 2. The Kier molecular flexibility index (Phi) is 5.47. The Bertz CT molecular complexity index is 1110. The van der Waals surface area contributed by atoms with Gasteiger partial charge in [0.25, 0.3) is 0 Å². The Labute approximate surface area is 204 Å². The highest BCUT2D eigenvalue weighted by molar-refractivity contribution is 14.1. The predicted molar refractivity (Wildman–Crippen MR) is 141 cm³/mol. The van der Waals surface area contributed by atoms with E-state index in [0.717, 1.165) is 35.8 Å². The highest BCUT2D eigenvalue weighted by Crippen LogP contribution is 2.48. The molecule has 0 aliphatic rings. The zero-order chi connectivity index (χ0) is 18.6. The topological polar surface area (TPSA) is 40.5 Å². The molecule has 2 N–H and O–H groups in total. The fraction of sp³-hybridized carbons (Fsp3) is 0. The van der Waals surface area contributed by atoms with Gasteiger partial charge >= 0.3 is 0 Å². The lowest BCUT2D eigenvalue weighted by molar-refractivity contribution is 0.466. The van der Waals surface area contributed by atoms with E-state index in [4.69, 9.17) is 0 Å². The van der Waals surface area contributed by atoms with Crippen LogP contribution in [0.1, 0.15) is 0 Å². The summed E-state index contributed by atoms with van der Waals surface area (Å²) in [6.07, 6.45) is 0. The van der Waals surface area contributed by atoms with Crippen molar-refractivity contribution in [1.29, 1.82) is 0 Å². The molecule has 2 nitrogen and oxygen atoms in total. The minimum atomic E-state index is 0.205. The van der Waals surface area contributed by atoms with Crippen LogP contribution in [0.4, 0.5) is 0 Å². The minimum absolute atomic E-state index is 0.205. The first-order valence-corrected chi connectivity index (χ1v) is 11.9. The molecule has 0 aliphatic heterocycles. The van der Waals surface area contributed by atoms with E-state index in [1.807, 2.05) is 36.4 Å². The summed E-state index contributed by atoms with van der Waals surface area (Å²) in [6, 6.07) is 16.2. The van der Waals surface area contributed by atoms with Gasteiger partial charge in [0.1, 0.15) is 11.5 Å². The van der Waals surface area contributed by atoms with Crippen LogP contribution in [-0.2, 0) is 0 Å². The lowest BCUT2D eigenvalue weighted by Crippen LogP contribution is -1.91.